The van der Waals surface area contributed by atoms with Crippen LogP contribution in [-0.2, 0) is 14.8 Å². The molecule has 2 aromatic rings. The number of halogens is 1. The largest absolute Gasteiger partial charge is 0.376 e. The minimum absolute atomic E-state index is 0.0139. The van der Waals surface area contributed by atoms with E-state index in [4.69, 9.17) is 11.6 Å². The third kappa shape index (κ3) is 5.70. The first-order valence-corrected chi connectivity index (χ1v) is 12.1. The highest BCUT2D eigenvalue weighted by molar-refractivity contribution is 7.89. The van der Waals surface area contributed by atoms with E-state index in [0.29, 0.717) is 29.5 Å². The summed E-state index contributed by atoms with van der Waals surface area (Å²) in [5, 5.41) is 6.48. The number of nitrogens with one attached hydrogen (secondary N) is 2. The number of amides is 1. The predicted octanol–water partition coefficient (Wildman–Crippen LogP) is 3.94. The number of benzene rings is 2. The minimum atomic E-state index is -3.56. The molecule has 7 nitrogen and oxygen atoms in total. The van der Waals surface area contributed by atoms with Gasteiger partial charge in [0.1, 0.15) is 0 Å². The Balaban J connectivity index is 1.78. The van der Waals surface area contributed by atoms with Gasteiger partial charge in [0.05, 0.1) is 22.8 Å². The van der Waals surface area contributed by atoms with E-state index in [1.165, 1.54) is 0 Å². The molecule has 1 aliphatic rings. The number of hydrogen-bond donors (Lipinski definition) is 2. The highest BCUT2D eigenvalue weighted by Crippen LogP contribution is 2.30. The zero-order valence-electron chi connectivity index (χ0n) is 18.1. The highest BCUT2D eigenvalue weighted by Gasteiger charge is 2.26. The summed E-state index contributed by atoms with van der Waals surface area (Å²) < 4.78 is 27.7. The van der Waals surface area contributed by atoms with Gasteiger partial charge in [0.15, 0.2) is 0 Å². The summed E-state index contributed by atoms with van der Waals surface area (Å²) >= 11 is 6.02. The molecule has 2 aromatic carbocycles. The van der Waals surface area contributed by atoms with E-state index in [-0.39, 0.29) is 17.3 Å². The van der Waals surface area contributed by atoms with Gasteiger partial charge < -0.3 is 15.5 Å². The molecule has 168 valence electrons. The lowest BCUT2D eigenvalue weighted by molar-refractivity contribution is -0.114. The van der Waals surface area contributed by atoms with Crippen molar-refractivity contribution in [1.82, 2.24) is 4.31 Å². The summed E-state index contributed by atoms with van der Waals surface area (Å²) in [4.78, 5) is 14.6. The van der Waals surface area contributed by atoms with Crippen LogP contribution in [0.1, 0.15) is 24.8 Å². The van der Waals surface area contributed by atoms with E-state index >= 15 is 0 Å². The Bertz CT molecular complexity index is 1050. The smallest absolute Gasteiger partial charge is 0.243 e. The van der Waals surface area contributed by atoms with Crippen LogP contribution in [0.15, 0.2) is 41.3 Å². The number of aryl methyl sites for hydroxylation is 1. The molecule has 2 N–H and O–H groups in total. The number of hydrogen-bond acceptors (Lipinski definition) is 5. The molecule has 0 aliphatic carbocycles. The van der Waals surface area contributed by atoms with E-state index < -0.39 is 10.0 Å². The van der Waals surface area contributed by atoms with Gasteiger partial charge in [-0.15, -0.1) is 0 Å². The van der Waals surface area contributed by atoms with Crippen molar-refractivity contribution in [3.8, 4) is 0 Å². The number of nitrogens with zero attached hydrogens (tertiary/aromatic N) is 2. The second-order valence-electron chi connectivity index (χ2n) is 7.90. The van der Waals surface area contributed by atoms with Gasteiger partial charge in [0, 0.05) is 37.9 Å². The molecule has 1 fully saturated rings. The molecule has 31 heavy (non-hydrogen) atoms. The standard InChI is InChI=1S/C22H29ClN4O3S/c1-16-7-8-17(23)13-19(16)25-22(28)15-24-20-14-18(9-10-21(20)26(2)3)31(29,30)27-11-5-4-6-12-27/h7-10,13-14,24H,4-6,11-12,15H2,1-3H3,(H,25,28). The van der Waals surface area contributed by atoms with E-state index in [1.807, 2.05) is 32.0 Å². The number of anilines is 3. The molecular weight excluding hydrogens is 436 g/mol. The van der Waals surface area contributed by atoms with E-state index in [0.717, 1.165) is 30.5 Å². The first kappa shape index (κ1) is 23.4. The molecule has 1 saturated heterocycles. The van der Waals surface area contributed by atoms with Crippen molar-refractivity contribution in [3.05, 3.63) is 47.0 Å². The van der Waals surface area contributed by atoms with Gasteiger partial charge in [-0.25, -0.2) is 8.42 Å². The summed E-state index contributed by atoms with van der Waals surface area (Å²) in [5.74, 6) is -0.251. The number of sulfonamides is 1. The van der Waals surface area contributed by atoms with Crippen LogP contribution >= 0.6 is 11.6 Å². The van der Waals surface area contributed by atoms with Gasteiger partial charge in [0.2, 0.25) is 15.9 Å². The number of carbonyl (C=O) groups excluding carboxylic acids is 1. The van der Waals surface area contributed by atoms with E-state index in [2.05, 4.69) is 10.6 Å². The number of carbonyl (C=O) groups is 1. The van der Waals surface area contributed by atoms with E-state index in [9.17, 15) is 13.2 Å². The zero-order chi connectivity index (χ0) is 22.6. The van der Waals surface area contributed by atoms with Crippen LogP contribution in [0, 0.1) is 6.92 Å². The van der Waals surface area contributed by atoms with Crippen LogP contribution in [0.25, 0.3) is 0 Å². The highest BCUT2D eigenvalue weighted by atomic mass is 35.5. The molecule has 3 rings (SSSR count). The van der Waals surface area contributed by atoms with Crippen molar-refractivity contribution in [2.24, 2.45) is 0 Å². The Morgan fingerprint density at radius 2 is 1.77 bits per heavy atom. The van der Waals surface area contributed by atoms with Crippen molar-refractivity contribution < 1.29 is 13.2 Å². The minimum Gasteiger partial charge on any atom is -0.376 e. The van der Waals surface area contributed by atoms with Gasteiger partial charge in [0.25, 0.3) is 0 Å². The van der Waals surface area contributed by atoms with Crippen LogP contribution in [0.3, 0.4) is 0 Å². The first-order valence-electron chi connectivity index (χ1n) is 10.3. The molecule has 1 amide bonds. The van der Waals surface area contributed by atoms with Crippen molar-refractivity contribution in [3.63, 3.8) is 0 Å². The Labute approximate surface area is 189 Å². The Hall–Kier alpha value is -2.29. The molecular formula is C22H29ClN4O3S. The monoisotopic (exact) mass is 464 g/mol. The lowest BCUT2D eigenvalue weighted by atomic mass is 10.2. The van der Waals surface area contributed by atoms with Crippen molar-refractivity contribution >= 4 is 44.6 Å². The lowest BCUT2D eigenvalue weighted by Gasteiger charge is -2.27. The molecule has 0 spiro atoms. The molecule has 0 bridgehead atoms. The molecule has 0 aromatic heterocycles. The lowest BCUT2D eigenvalue weighted by Crippen LogP contribution is -2.35. The van der Waals surface area contributed by atoms with Crippen LogP contribution in [0.5, 0.6) is 0 Å². The Kier molecular flexibility index (Phi) is 7.46. The third-order valence-electron chi connectivity index (χ3n) is 5.32. The van der Waals surface area contributed by atoms with Gasteiger partial charge >= 0.3 is 0 Å². The maximum absolute atomic E-state index is 13.1. The fraction of sp³-hybridized carbons (Fsp3) is 0.409. The molecule has 9 heteroatoms. The summed E-state index contributed by atoms with van der Waals surface area (Å²) in [5.41, 5.74) is 2.93. The van der Waals surface area contributed by atoms with Crippen LogP contribution in [0.4, 0.5) is 17.1 Å². The fourth-order valence-electron chi connectivity index (χ4n) is 3.56. The topological polar surface area (TPSA) is 81.8 Å². The molecule has 0 unspecified atom stereocenters. The fourth-order valence-corrected chi connectivity index (χ4v) is 5.28. The van der Waals surface area contributed by atoms with Crippen molar-refractivity contribution in [2.75, 3.05) is 49.3 Å². The van der Waals surface area contributed by atoms with Crippen LogP contribution in [0.2, 0.25) is 5.02 Å². The average Bonchev–Trinajstić information content (AvgIpc) is 2.75. The maximum atomic E-state index is 13.1. The third-order valence-corrected chi connectivity index (χ3v) is 7.45. The second-order valence-corrected chi connectivity index (χ2v) is 10.3. The zero-order valence-corrected chi connectivity index (χ0v) is 19.7. The van der Waals surface area contributed by atoms with Crippen molar-refractivity contribution in [2.45, 2.75) is 31.1 Å². The normalized spacial score (nSPS) is 14.8. The Morgan fingerprint density at radius 1 is 1.06 bits per heavy atom. The van der Waals surface area contributed by atoms with Gasteiger partial charge in [-0.1, -0.05) is 24.1 Å². The summed E-state index contributed by atoms with van der Waals surface area (Å²) in [6.45, 7) is 2.96. The maximum Gasteiger partial charge on any atom is 0.243 e. The quantitative estimate of drug-likeness (QED) is 0.648. The second kappa shape index (κ2) is 9.89. The SMILES string of the molecule is Cc1ccc(Cl)cc1NC(=O)CNc1cc(S(=O)(=O)N2CCCCC2)ccc1N(C)C. The molecule has 1 heterocycles. The van der Waals surface area contributed by atoms with Crippen molar-refractivity contribution in [1.29, 1.82) is 0 Å². The Morgan fingerprint density at radius 3 is 2.45 bits per heavy atom. The summed E-state index contributed by atoms with van der Waals surface area (Å²) in [7, 11) is 0.175. The molecule has 0 saturated carbocycles. The van der Waals surface area contributed by atoms with Crippen LogP contribution < -0.4 is 15.5 Å². The van der Waals surface area contributed by atoms with Gasteiger partial charge in [-0.2, -0.15) is 4.31 Å². The first-order chi connectivity index (χ1) is 14.7. The molecule has 0 radical (unpaired) electrons. The van der Waals surface area contributed by atoms with E-state index in [1.54, 1.807) is 34.6 Å². The number of rotatable bonds is 7. The molecule has 0 atom stereocenters. The average molecular weight is 465 g/mol. The molecule has 1 aliphatic heterocycles. The van der Waals surface area contributed by atoms with Gasteiger partial charge in [-0.05, 0) is 55.7 Å². The van der Waals surface area contributed by atoms with Crippen LogP contribution in [-0.4, -0.2) is 52.4 Å². The number of piperidine rings is 1. The summed E-state index contributed by atoms with van der Waals surface area (Å²) in [6, 6.07) is 10.3. The predicted molar refractivity (Wildman–Crippen MR) is 127 cm³/mol. The summed E-state index contributed by atoms with van der Waals surface area (Å²) in [6.07, 6.45) is 2.81. The van der Waals surface area contributed by atoms with Gasteiger partial charge in [-0.3, -0.25) is 4.79 Å².